The lowest BCUT2D eigenvalue weighted by Gasteiger charge is -2.49. The summed E-state index contributed by atoms with van der Waals surface area (Å²) in [4.78, 5) is 0.259. The molecule has 1 aromatic carbocycles. The molecule has 1 aliphatic heterocycles. The van der Waals surface area contributed by atoms with E-state index in [9.17, 15) is 8.42 Å². The molecular formula is C15H21NO3S. The van der Waals surface area contributed by atoms with Crippen LogP contribution >= 0.6 is 0 Å². The summed E-state index contributed by atoms with van der Waals surface area (Å²) in [6.45, 7) is 4.01. The highest BCUT2D eigenvalue weighted by atomic mass is 32.2. The van der Waals surface area contributed by atoms with E-state index in [1.54, 1.807) is 24.3 Å². The standard InChI is InChI=1S/C15H21NO3S/c1-12-2-4-14(5-3-12)20(17,18)19-13-10-15(11-13)6-8-16-9-7-15/h2-5,13,16H,6-11H2,1H3. The predicted octanol–water partition coefficient (Wildman–Crippen LogP) is 2.23. The highest BCUT2D eigenvalue weighted by Gasteiger charge is 2.46. The van der Waals surface area contributed by atoms with Crippen LogP contribution in [0.4, 0.5) is 0 Å². The normalized spacial score (nSPS) is 22.6. The van der Waals surface area contributed by atoms with Gasteiger partial charge in [0.15, 0.2) is 0 Å². The molecule has 0 atom stereocenters. The Hall–Kier alpha value is -0.910. The second-order valence-corrected chi connectivity index (χ2v) is 7.72. The minimum absolute atomic E-state index is 0.139. The second kappa shape index (κ2) is 5.13. The molecule has 1 spiro atoms. The molecule has 1 N–H and O–H groups in total. The average Bonchev–Trinajstić information content (AvgIpc) is 2.38. The Morgan fingerprint density at radius 3 is 2.35 bits per heavy atom. The van der Waals surface area contributed by atoms with Crippen LogP contribution < -0.4 is 5.32 Å². The van der Waals surface area contributed by atoms with E-state index in [0.29, 0.717) is 5.41 Å². The van der Waals surface area contributed by atoms with Crippen molar-refractivity contribution in [2.45, 2.75) is 43.6 Å². The second-order valence-electron chi connectivity index (χ2n) is 6.14. The molecule has 1 aliphatic carbocycles. The smallest absolute Gasteiger partial charge is 0.297 e. The molecule has 2 aliphatic rings. The number of hydrogen-bond acceptors (Lipinski definition) is 4. The lowest BCUT2D eigenvalue weighted by molar-refractivity contribution is -0.0313. The first-order chi connectivity index (χ1) is 9.49. The van der Waals surface area contributed by atoms with Crippen LogP contribution in [0.2, 0.25) is 0 Å². The Labute approximate surface area is 120 Å². The highest BCUT2D eigenvalue weighted by Crippen LogP contribution is 2.49. The van der Waals surface area contributed by atoms with E-state index >= 15 is 0 Å². The molecular weight excluding hydrogens is 274 g/mol. The molecule has 0 bridgehead atoms. The fraction of sp³-hybridized carbons (Fsp3) is 0.600. The number of benzene rings is 1. The zero-order chi connectivity index (χ0) is 14.2. The largest absolute Gasteiger partial charge is 0.317 e. The van der Waals surface area contributed by atoms with Crippen LogP contribution in [0.1, 0.15) is 31.2 Å². The summed E-state index contributed by atoms with van der Waals surface area (Å²) in [6.07, 6.45) is 3.88. The Bertz CT molecular complexity index is 566. The quantitative estimate of drug-likeness (QED) is 0.869. The molecule has 0 amide bonds. The van der Waals surface area contributed by atoms with Gasteiger partial charge in [-0.15, -0.1) is 0 Å². The Kier molecular flexibility index (Phi) is 3.60. The molecule has 110 valence electrons. The van der Waals surface area contributed by atoms with Crippen molar-refractivity contribution >= 4 is 10.1 Å². The van der Waals surface area contributed by atoms with Crippen molar-refractivity contribution in [2.75, 3.05) is 13.1 Å². The number of nitrogens with one attached hydrogen (secondary N) is 1. The molecule has 1 saturated carbocycles. The van der Waals surface area contributed by atoms with Crippen molar-refractivity contribution in [3.8, 4) is 0 Å². The minimum atomic E-state index is -3.61. The van der Waals surface area contributed by atoms with Crippen LogP contribution in [0.5, 0.6) is 0 Å². The summed E-state index contributed by atoms with van der Waals surface area (Å²) < 4.78 is 29.7. The van der Waals surface area contributed by atoms with Crippen molar-refractivity contribution in [1.29, 1.82) is 0 Å². The third kappa shape index (κ3) is 2.75. The van der Waals surface area contributed by atoms with Crippen molar-refractivity contribution in [3.05, 3.63) is 29.8 Å². The first kappa shape index (κ1) is 14.0. The summed E-state index contributed by atoms with van der Waals surface area (Å²) in [5.41, 5.74) is 1.37. The maximum atomic E-state index is 12.2. The van der Waals surface area contributed by atoms with Gasteiger partial charge in [0, 0.05) is 0 Å². The zero-order valence-electron chi connectivity index (χ0n) is 11.8. The van der Waals surface area contributed by atoms with Crippen LogP contribution in [0.3, 0.4) is 0 Å². The van der Waals surface area contributed by atoms with Crippen LogP contribution in [-0.4, -0.2) is 27.6 Å². The van der Waals surface area contributed by atoms with Crippen molar-refractivity contribution < 1.29 is 12.6 Å². The molecule has 3 rings (SSSR count). The first-order valence-corrected chi connectivity index (χ1v) is 8.61. The van der Waals surface area contributed by atoms with E-state index in [1.807, 2.05) is 6.92 Å². The number of piperidine rings is 1. The molecule has 1 heterocycles. The predicted molar refractivity (Wildman–Crippen MR) is 77.0 cm³/mol. The lowest BCUT2D eigenvalue weighted by atomic mass is 9.62. The topological polar surface area (TPSA) is 55.4 Å². The summed E-state index contributed by atoms with van der Waals surface area (Å²) in [7, 11) is -3.61. The number of hydrogen-bond donors (Lipinski definition) is 1. The molecule has 5 heteroatoms. The van der Waals surface area contributed by atoms with Gasteiger partial charge < -0.3 is 5.32 Å². The van der Waals surface area contributed by atoms with Gasteiger partial charge in [-0.05, 0) is 63.2 Å². The molecule has 4 nitrogen and oxygen atoms in total. The summed E-state index contributed by atoms with van der Waals surface area (Å²) in [6, 6.07) is 6.82. The monoisotopic (exact) mass is 295 g/mol. The molecule has 0 radical (unpaired) electrons. The summed E-state index contributed by atoms with van der Waals surface area (Å²) in [5.74, 6) is 0. The third-order valence-electron chi connectivity index (χ3n) is 4.56. The SMILES string of the molecule is Cc1ccc(S(=O)(=O)OC2CC3(CCNCC3)C2)cc1. The van der Waals surface area contributed by atoms with Crippen LogP contribution in [0.25, 0.3) is 0 Å². The van der Waals surface area contributed by atoms with Gasteiger partial charge in [-0.2, -0.15) is 8.42 Å². The Balaban J connectivity index is 1.62. The van der Waals surface area contributed by atoms with Crippen molar-refractivity contribution in [3.63, 3.8) is 0 Å². The van der Waals surface area contributed by atoms with Gasteiger partial charge in [0.2, 0.25) is 0 Å². The van der Waals surface area contributed by atoms with E-state index in [4.69, 9.17) is 4.18 Å². The molecule has 20 heavy (non-hydrogen) atoms. The maximum absolute atomic E-state index is 12.2. The zero-order valence-corrected chi connectivity index (χ0v) is 12.6. The van der Waals surface area contributed by atoms with Crippen LogP contribution in [0.15, 0.2) is 29.2 Å². The van der Waals surface area contributed by atoms with Crippen LogP contribution in [0, 0.1) is 12.3 Å². The molecule has 1 saturated heterocycles. The van der Waals surface area contributed by atoms with Gasteiger partial charge in [-0.25, -0.2) is 0 Å². The number of aryl methyl sites for hydroxylation is 1. The van der Waals surface area contributed by atoms with Gasteiger partial charge in [0.1, 0.15) is 0 Å². The summed E-state index contributed by atoms with van der Waals surface area (Å²) in [5, 5.41) is 3.34. The lowest BCUT2D eigenvalue weighted by Crippen LogP contribution is -2.49. The molecule has 0 unspecified atom stereocenters. The highest BCUT2D eigenvalue weighted by molar-refractivity contribution is 7.86. The molecule has 2 fully saturated rings. The first-order valence-electron chi connectivity index (χ1n) is 7.20. The van der Waals surface area contributed by atoms with Gasteiger partial charge in [-0.3, -0.25) is 4.18 Å². The Morgan fingerprint density at radius 2 is 1.75 bits per heavy atom. The van der Waals surface area contributed by atoms with E-state index in [-0.39, 0.29) is 11.0 Å². The van der Waals surface area contributed by atoms with Gasteiger partial charge >= 0.3 is 0 Å². The molecule has 1 aromatic rings. The van der Waals surface area contributed by atoms with Gasteiger partial charge in [0.25, 0.3) is 10.1 Å². The minimum Gasteiger partial charge on any atom is -0.317 e. The molecule has 0 aromatic heterocycles. The van der Waals surface area contributed by atoms with E-state index < -0.39 is 10.1 Å². The van der Waals surface area contributed by atoms with Gasteiger partial charge in [-0.1, -0.05) is 17.7 Å². The fourth-order valence-corrected chi connectivity index (χ4v) is 4.35. The third-order valence-corrected chi connectivity index (χ3v) is 5.93. The summed E-state index contributed by atoms with van der Waals surface area (Å²) >= 11 is 0. The Morgan fingerprint density at radius 1 is 1.15 bits per heavy atom. The maximum Gasteiger partial charge on any atom is 0.297 e. The van der Waals surface area contributed by atoms with E-state index in [1.165, 1.54) is 0 Å². The van der Waals surface area contributed by atoms with Crippen molar-refractivity contribution in [2.24, 2.45) is 5.41 Å². The van der Waals surface area contributed by atoms with Crippen LogP contribution in [-0.2, 0) is 14.3 Å². The van der Waals surface area contributed by atoms with Crippen molar-refractivity contribution in [1.82, 2.24) is 5.32 Å². The fourth-order valence-electron chi connectivity index (χ4n) is 3.28. The number of rotatable bonds is 3. The van der Waals surface area contributed by atoms with Gasteiger partial charge in [0.05, 0.1) is 11.0 Å². The van der Waals surface area contributed by atoms with E-state index in [0.717, 1.165) is 44.3 Å². The van der Waals surface area contributed by atoms with E-state index in [2.05, 4.69) is 5.32 Å². The average molecular weight is 295 g/mol.